The molecule has 1 fully saturated rings. The summed E-state index contributed by atoms with van der Waals surface area (Å²) in [5.41, 5.74) is 2.22. The number of carbonyl (C=O) groups excluding carboxylic acids is 2. The fourth-order valence-electron chi connectivity index (χ4n) is 5.00. The summed E-state index contributed by atoms with van der Waals surface area (Å²) in [5.74, 6) is -0.475. The van der Waals surface area contributed by atoms with E-state index in [0.717, 1.165) is 11.1 Å². The highest BCUT2D eigenvalue weighted by molar-refractivity contribution is 7.89. The van der Waals surface area contributed by atoms with Crippen molar-refractivity contribution < 1.29 is 27.5 Å². The number of rotatable bonds is 12. The molecule has 0 aromatic heterocycles. The van der Waals surface area contributed by atoms with Gasteiger partial charge in [0.1, 0.15) is 11.8 Å². The minimum absolute atomic E-state index is 0.133. The zero-order chi connectivity index (χ0) is 31.6. The number of carbonyl (C=O) groups is 2. The molecule has 45 heavy (non-hydrogen) atoms. The van der Waals surface area contributed by atoms with Crippen molar-refractivity contribution in [3.63, 3.8) is 0 Å². The summed E-state index contributed by atoms with van der Waals surface area (Å²) in [7, 11) is -3.67. The summed E-state index contributed by atoms with van der Waals surface area (Å²) in [4.78, 5) is 29.4. The van der Waals surface area contributed by atoms with Gasteiger partial charge >= 0.3 is 0 Å². The molecule has 1 aliphatic rings. The van der Waals surface area contributed by atoms with Crippen LogP contribution in [0.2, 0.25) is 5.02 Å². The number of morpholine rings is 1. The molecule has 1 aliphatic heterocycles. The number of nitrogens with one attached hydrogen (secondary N) is 1. The Labute approximate surface area is 268 Å². The molecule has 234 valence electrons. The molecule has 2 amide bonds. The number of amides is 2. The SMILES string of the molecule is O=C(NCc1ccccc1Cl)[C@H](c1ccccc1)N(Cc1ccccc1)C(=O)COc1ccc(S(=O)(=O)N2CCOCC2)cc1. The predicted octanol–water partition coefficient (Wildman–Crippen LogP) is 4.83. The van der Waals surface area contributed by atoms with E-state index in [4.69, 9.17) is 21.1 Å². The number of sulfonamides is 1. The van der Waals surface area contributed by atoms with Crippen LogP contribution in [0.1, 0.15) is 22.7 Å². The molecule has 1 heterocycles. The lowest BCUT2D eigenvalue weighted by atomic mass is 10.0. The molecule has 5 rings (SSSR count). The monoisotopic (exact) mass is 647 g/mol. The Hall–Kier alpha value is -4.22. The third kappa shape index (κ3) is 8.29. The van der Waals surface area contributed by atoms with Crippen LogP contribution in [0.4, 0.5) is 0 Å². The maximum atomic E-state index is 13.9. The third-order valence-corrected chi connectivity index (χ3v) is 9.68. The molecule has 4 aromatic carbocycles. The Balaban J connectivity index is 1.36. The highest BCUT2D eigenvalue weighted by Crippen LogP contribution is 2.26. The van der Waals surface area contributed by atoms with Crippen LogP contribution in [0, 0.1) is 0 Å². The topological polar surface area (TPSA) is 105 Å². The average Bonchev–Trinajstić information content (AvgIpc) is 3.08. The normalized spacial score (nSPS) is 14.3. The summed E-state index contributed by atoms with van der Waals surface area (Å²) < 4.78 is 38.5. The van der Waals surface area contributed by atoms with Gasteiger partial charge in [-0.1, -0.05) is 90.5 Å². The fraction of sp³-hybridized carbons (Fsp3) is 0.235. The van der Waals surface area contributed by atoms with Crippen molar-refractivity contribution in [3.8, 4) is 5.75 Å². The van der Waals surface area contributed by atoms with E-state index in [1.165, 1.54) is 33.5 Å². The molecule has 1 saturated heterocycles. The maximum absolute atomic E-state index is 13.9. The molecule has 1 atom stereocenters. The quantitative estimate of drug-likeness (QED) is 0.236. The van der Waals surface area contributed by atoms with E-state index in [1.54, 1.807) is 18.2 Å². The van der Waals surface area contributed by atoms with Crippen LogP contribution < -0.4 is 10.1 Å². The number of ether oxygens (including phenoxy) is 2. The van der Waals surface area contributed by atoms with Crippen LogP contribution in [0.25, 0.3) is 0 Å². The molecule has 0 unspecified atom stereocenters. The highest BCUT2D eigenvalue weighted by atomic mass is 35.5. The molecule has 0 bridgehead atoms. The van der Waals surface area contributed by atoms with E-state index in [2.05, 4.69) is 5.32 Å². The Morgan fingerprint density at radius 2 is 1.49 bits per heavy atom. The fourth-order valence-corrected chi connectivity index (χ4v) is 6.61. The van der Waals surface area contributed by atoms with Gasteiger partial charge in [-0.25, -0.2) is 8.42 Å². The summed E-state index contributed by atoms with van der Waals surface area (Å²) in [5, 5.41) is 3.48. The van der Waals surface area contributed by atoms with Gasteiger partial charge in [-0.3, -0.25) is 9.59 Å². The van der Waals surface area contributed by atoms with E-state index < -0.39 is 22.0 Å². The van der Waals surface area contributed by atoms with Gasteiger partial charge in [0, 0.05) is 31.2 Å². The van der Waals surface area contributed by atoms with Crippen LogP contribution in [-0.4, -0.2) is 62.3 Å². The number of hydrogen-bond donors (Lipinski definition) is 1. The first-order valence-corrected chi connectivity index (χ1v) is 16.3. The van der Waals surface area contributed by atoms with Crippen LogP contribution in [0.15, 0.2) is 114 Å². The largest absolute Gasteiger partial charge is 0.484 e. The second-order valence-corrected chi connectivity index (χ2v) is 12.8. The molecule has 4 aromatic rings. The van der Waals surface area contributed by atoms with Gasteiger partial charge in [0.25, 0.3) is 5.91 Å². The standard InChI is InChI=1S/C34H34ClN3O6S/c35-31-14-8-7-13-28(31)23-36-34(40)33(27-11-5-2-6-12-27)38(24-26-9-3-1-4-10-26)32(39)25-44-29-15-17-30(18-16-29)45(41,42)37-19-21-43-22-20-37/h1-18,33H,19-25H2,(H,36,40)/t33-/m0/s1. The number of nitrogens with zero attached hydrogens (tertiary/aromatic N) is 2. The molecule has 0 spiro atoms. The van der Waals surface area contributed by atoms with Crippen molar-refractivity contribution in [1.29, 1.82) is 0 Å². The first kappa shape index (κ1) is 32.2. The van der Waals surface area contributed by atoms with Crippen molar-refractivity contribution >= 4 is 33.4 Å². The second kappa shape index (κ2) is 15.2. The van der Waals surface area contributed by atoms with E-state index >= 15 is 0 Å². The van der Waals surface area contributed by atoms with Gasteiger partial charge in [0.15, 0.2) is 6.61 Å². The van der Waals surface area contributed by atoms with Crippen LogP contribution >= 0.6 is 11.6 Å². The lowest BCUT2D eigenvalue weighted by molar-refractivity contribution is -0.143. The molecule has 0 saturated carbocycles. The molecule has 1 N–H and O–H groups in total. The van der Waals surface area contributed by atoms with Gasteiger partial charge in [-0.05, 0) is 47.0 Å². The molecule has 0 radical (unpaired) electrons. The zero-order valence-corrected chi connectivity index (χ0v) is 26.1. The summed E-state index contributed by atoms with van der Waals surface area (Å²) in [6.45, 7) is 1.25. The van der Waals surface area contributed by atoms with Crippen molar-refractivity contribution in [3.05, 3.63) is 131 Å². The van der Waals surface area contributed by atoms with Crippen molar-refractivity contribution in [2.45, 2.75) is 24.0 Å². The van der Waals surface area contributed by atoms with E-state index in [9.17, 15) is 18.0 Å². The molecule has 0 aliphatic carbocycles. The van der Waals surface area contributed by atoms with E-state index in [0.29, 0.717) is 42.6 Å². The third-order valence-electron chi connectivity index (χ3n) is 7.40. The Kier molecular flexibility index (Phi) is 10.9. The number of hydrogen-bond acceptors (Lipinski definition) is 6. The Bertz CT molecular complexity index is 1680. The molecular formula is C34H34ClN3O6S. The smallest absolute Gasteiger partial charge is 0.261 e. The zero-order valence-electron chi connectivity index (χ0n) is 24.5. The average molecular weight is 648 g/mol. The molecule has 11 heteroatoms. The lowest BCUT2D eigenvalue weighted by Crippen LogP contribution is -2.45. The van der Waals surface area contributed by atoms with Crippen LogP contribution in [-0.2, 0) is 37.4 Å². The summed E-state index contributed by atoms with van der Waals surface area (Å²) in [6, 6.07) is 30.7. The van der Waals surface area contributed by atoms with Crippen molar-refractivity contribution in [1.82, 2.24) is 14.5 Å². The first-order chi connectivity index (χ1) is 21.8. The van der Waals surface area contributed by atoms with E-state index in [-0.39, 0.29) is 30.5 Å². The maximum Gasteiger partial charge on any atom is 0.261 e. The van der Waals surface area contributed by atoms with Gasteiger partial charge in [-0.2, -0.15) is 4.31 Å². The van der Waals surface area contributed by atoms with Gasteiger partial charge in [-0.15, -0.1) is 0 Å². The minimum Gasteiger partial charge on any atom is -0.484 e. The van der Waals surface area contributed by atoms with E-state index in [1.807, 2.05) is 66.7 Å². The second-order valence-electron chi connectivity index (χ2n) is 10.4. The van der Waals surface area contributed by atoms with Crippen LogP contribution in [0.3, 0.4) is 0 Å². The number of benzene rings is 4. The van der Waals surface area contributed by atoms with Gasteiger partial charge in [0.05, 0.1) is 18.1 Å². The lowest BCUT2D eigenvalue weighted by Gasteiger charge is -2.31. The van der Waals surface area contributed by atoms with Crippen LogP contribution in [0.5, 0.6) is 5.75 Å². The first-order valence-electron chi connectivity index (χ1n) is 14.5. The Morgan fingerprint density at radius 1 is 0.867 bits per heavy atom. The molecule has 9 nitrogen and oxygen atoms in total. The minimum atomic E-state index is -3.67. The predicted molar refractivity (Wildman–Crippen MR) is 171 cm³/mol. The van der Waals surface area contributed by atoms with Gasteiger partial charge in [0.2, 0.25) is 15.9 Å². The summed E-state index contributed by atoms with van der Waals surface area (Å²) >= 11 is 6.33. The number of halogens is 1. The highest BCUT2D eigenvalue weighted by Gasteiger charge is 2.32. The van der Waals surface area contributed by atoms with Crippen molar-refractivity contribution in [2.24, 2.45) is 0 Å². The molecular weight excluding hydrogens is 614 g/mol. The Morgan fingerprint density at radius 3 is 2.16 bits per heavy atom. The van der Waals surface area contributed by atoms with Gasteiger partial charge < -0.3 is 19.7 Å². The summed E-state index contributed by atoms with van der Waals surface area (Å²) in [6.07, 6.45) is 0. The van der Waals surface area contributed by atoms with Crippen molar-refractivity contribution in [2.75, 3.05) is 32.9 Å².